The molecular weight excluding hydrogens is 394 g/mol. The second-order valence-electron chi connectivity index (χ2n) is 7.11. The first-order chi connectivity index (χ1) is 15.1. The predicted molar refractivity (Wildman–Crippen MR) is 118 cm³/mol. The van der Waals surface area contributed by atoms with Crippen LogP contribution in [-0.4, -0.2) is 18.2 Å². The minimum Gasteiger partial charge on any atom is -0.496 e. The van der Waals surface area contributed by atoms with E-state index in [1.54, 1.807) is 13.2 Å². The number of para-hydroxylation sites is 1. The maximum Gasteiger partial charge on any atom is 0.307 e. The van der Waals surface area contributed by atoms with E-state index in [0.717, 1.165) is 27.6 Å². The van der Waals surface area contributed by atoms with E-state index in [4.69, 9.17) is 24.7 Å². The van der Waals surface area contributed by atoms with E-state index in [1.165, 1.54) is 0 Å². The Kier molecular flexibility index (Phi) is 5.91. The van der Waals surface area contributed by atoms with E-state index >= 15 is 0 Å². The van der Waals surface area contributed by atoms with Crippen molar-refractivity contribution in [1.29, 1.82) is 0 Å². The van der Waals surface area contributed by atoms with Crippen LogP contribution in [0.1, 0.15) is 16.7 Å². The molecule has 0 aliphatic rings. The molecule has 0 saturated carbocycles. The molecule has 158 valence electrons. The number of carboxylic acids is 1. The van der Waals surface area contributed by atoms with Gasteiger partial charge in [-0.3, -0.25) is 4.79 Å². The van der Waals surface area contributed by atoms with Crippen LogP contribution in [0.2, 0.25) is 0 Å². The van der Waals surface area contributed by atoms with Crippen LogP contribution >= 0.6 is 0 Å². The van der Waals surface area contributed by atoms with E-state index in [1.807, 2.05) is 60.7 Å². The summed E-state index contributed by atoms with van der Waals surface area (Å²) in [6.45, 7) is 0.621. The molecule has 0 amide bonds. The lowest BCUT2D eigenvalue weighted by atomic mass is 10.1. The van der Waals surface area contributed by atoms with Gasteiger partial charge in [0.1, 0.15) is 29.4 Å². The number of carboxylic acid groups (broad SMARTS) is 1. The van der Waals surface area contributed by atoms with E-state index in [-0.39, 0.29) is 13.0 Å². The highest BCUT2D eigenvalue weighted by atomic mass is 16.5. The van der Waals surface area contributed by atoms with Crippen molar-refractivity contribution in [3.8, 4) is 22.8 Å². The van der Waals surface area contributed by atoms with Gasteiger partial charge in [0.05, 0.1) is 24.5 Å². The summed E-state index contributed by atoms with van der Waals surface area (Å²) in [7, 11) is 1.61. The summed E-state index contributed by atoms with van der Waals surface area (Å²) < 4.78 is 17.7. The van der Waals surface area contributed by atoms with Crippen LogP contribution in [0.15, 0.2) is 71.1 Å². The van der Waals surface area contributed by atoms with Gasteiger partial charge in [-0.2, -0.15) is 0 Å². The predicted octanol–water partition coefficient (Wildman–Crippen LogP) is 4.77. The number of methoxy groups -OCH3 is 1. The first-order valence-corrected chi connectivity index (χ1v) is 9.91. The van der Waals surface area contributed by atoms with Crippen molar-refractivity contribution in [2.24, 2.45) is 5.73 Å². The first-order valence-electron chi connectivity index (χ1n) is 9.91. The smallest absolute Gasteiger partial charge is 0.307 e. The van der Waals surface area contributed by atoms with Crippen LogP contribution in [0.3, 0.4) is 0 Å². The molecular formula is C25H23NO5. The van der Waals surface area contributed by atoms with E-state index in [2.05, 4.69) is 0 Å². The SMILES string of the molecule is COc1c(CN)cccc1-c1cc2c(OCc3ccccc3CC(=O)O)cccc2o1. The van der Waals surface area contributed by atoms with Crippen molar-refractivity contribution in [2.45, 2.75) is 19.6 Å². The minimum absolute atomic E-state index is 0.0448. The lowest BCUT2D eigenvalue weighted by Gasteiger charge is -2.10. The summed E-state index contributed by atoms with van der Waals surface area (Å²) in [6, 6.07) is 20.7. The van der Waals surface area contributed by atoms with Crippen molar-refractivity contribution in [3.63, 3.8) is 0 Å². The number of hydrogen-bond acceptors (Lipinski definition) is 5. The van der Waals surface area contributed by atoms with Crippen molar-refractivity contribution in [1.82, 2.24) is 0 Å². The van der Waals surface area contributed by atoms with Crippen LogP contribution in [0.25, 0.3) is 22.3 Å². The van der Waals surface area contributed by atoms with Crippen LogP contribution in [0, 0.1) is 0 Å². The normalized spacial score (nSPS) is 10.9. The number of aliphatic carboxylic acids is 1. The van der Waals surface area contributed by atoms with Crippen LogP contribution < -0.4 is 15.2 Å². The van der Waals surface area contributed by atoms with Gasteiger partial charge in [0.2, 0.25) is 0 Å². The Morgan fingerprint density at radius 2 is 1.74 bits per heavy atom. The second-order valence-corrected chi connectivity index (χ2v) is 7.11. The Balaban J connectivity index is 1.67. The number of fused-ring (bicyclic) bond motifs is 1. The number of hydrogen-bond donors (Lipinski definition) is 2. The Labute approximate surface area is 179 Å². The summed E-state index contributed by atoms with van der Waals surface area (Å²) >= 11 is 0. The summed E-state index contributed by atoms with van der Waals surface area (Å²) in [5.74, 6) is 1.13. The fourth-order valence-electron chi connectivity index (χ4n) is 3.66. The molecule has 4 aromatic rings. The first kappa shape index (κ1) is 20.5. The molecule has 0 fully saturated rings. The molecule has 0 aliphatic carbocycles. The molecule has 6 nitrogen and oxygen atoms in total. The van der Waals surface area contributed by atoms with E-state index < -0.39 is 5.97 Å². The lowest BCUT2D eigenvalue weighted by Crippen LogP contribution is -2.05. The maximum absolute atomic E-state index is 11.1. The highest BCUT2D eigenvalue weighted by molar-refractivity contribution is 5.89. The molecule has 0 spiro atoms. The standard InChI is InChI=1S/C25H23NO5/c1-29-25-17(14-26)8-4-9-19(25)23-13-20-21(10-5-11-22(20)31-23)30-15-18-7-3-2-6-16(18)12-24(27)28/h2-11,13H,12,14-15,26H2,1H3,(H,27,28). The monoisotopic (exact) mass is 417 g/mol. The number of rotatable bonds is 8. The third-order valence-corrected chi connectivity index (χ3v) is 5.15. The fourth-order valence-corrected chi connectivity index (χ4v) is 3.66. The van der Waals surface area contributed by atoms with Crippen molar-refractivity contribution in [2.75, 3.05) is 7.11 Å². The zero-order valence-corrected chi connectivity index (χ0v) is 17.1. The quantitative estimate of drug-likeness (QED) is 0.429. The average molecular weight is 417 g/mol. The van der Waals surface area contributed by atoms with Gasteiger partial charge >= 0.3 is 5.97 Å². The lowest BCUT2D eigenvalue weighted by molar-refractivity contribution is -0.136. The number of ether oxygens (including phenoxy) is 2. The minimum atomic E-state index is -0.873. The summed E-state index contributed by atoms with van der Waals surface area (Å²) in [6.07, 6.45) is -0.0448. The van der Waals surface area contributed by atoms with Crippen LogP contribution in [0.5, 0.6) is 11.5 Å². The Morgan fingerprint density at radius 3 is 2.48 bits per heavy atom. The average Bonchev–Trinajstić information content (AvgIpc) is 3.22. The summed E-state index contributed by atoms with van der Waals surface area (Å²) in [5, 5.41) is 9.97. The number of furan rings is 1. The molecule has 0 unspecified atom stereocenters. The van der Waals surface area contributed by atoms with Gasteiger partial charge < -0.3 is 24.7 Å². The molecule has 3 aromatic carbocycles. The van der Waals surface area contributed by atoms with Gasteiger partial charge in [0.25, 0.3) is 0 Å². The van der Waals surface area contributed by atoms with Crippen molar-refractivity contribution in [3.05, 3.63) is 83.4 Å². The Morgan fingerprint density at radius 1 is 1.00 bits per heavy atom. The molecule has 1 heterocycles. The van der Waals surface area contributed by atoms with Gasteiger partial charge in [0.15, 0.2) is 0 Å². The Hall–Kier alpha value is -3.77. The molecule has 0 aliphatic heterocycles. The highest BCUT2D eigenvalue weighted by Crippen LogP contribution is 2.38. The van der Waals surface area contributed by atoms with Crippen LogP contribution in [0.4, 0.5) is 0 Å². The summed E-state index contributed by atoms with van der Waals surface area (Å²) in [5.41, 5.74) is 9.81. The number of benzene rings is 3. The zero-order valence-electron chi connectivity index (χ0n) is 17.1. The Bertz CT molecular complexity index is 1230. The topological polar surface area (TPSA) is 94.9 Å². The number of nitrogens with two attached hydrogens (primary N) is 1. The van der Waals surface area contributed by atoms with Gasteiger partial charge in [-0.05, 0) is 35.4 Å². The molecule has 1 aromatic heterocycles. The molecule has 4 rings (SSSR count). The van der Waals surface area contributed by atoms with Gasteiger partial charge in [-0.15, -0.1) is 0 Å². The van der Waals surface area contributed by atoms with Gasteiger partial charge in [0, 0.05) is 12.1 Å². The molecule has 0 saturated heterocycles. The molecule has 3 N–H and O–H groups in total. The molecule has 0 bridgehead atoms. The zero-order chi connectivity index (χ0) is 21.8. The molecule has 0 radical (unpaired) electrons. The number of carbonyl (C=O) groups is 1. The van der Waals surface area contributed by atoms with Crippen LogP contribution in [-0.2, 0) is 24.4 Å². The molecule has 0 atom stereocenters. The fraction of sp³-hybridized carbons (Fsp3) is 0.160. The molecule has 31 heavy (non-hydrogen) atoms. The van der Waals surface area contributed by atoms with Crippen molar-refractivity contribution < 1.29 is 23.8 Å². The summed E-state index contributed by atoms with van der Waals surface area (Å²) in [4.78, 5) is 11.1. The second kappa shape index (κ2) is 8.93. The van der Waals surface area contributed by atoms with Gasteiger partial charge in [-0.1, -0.05) is 42.5 Å². The molecule has 6 heteroatoms. The van der Waals surface area contributed by atoms with E-state index in [9.17, 15) is 4.79 Å². The maximum atomic E-state index is 11.1. The van der Waals surface area contributed by atoms with E-state index in [0.29, 0.717) is 29.4 Å². The van der Waals surface area contributed by atoms with Crippen molar-refractivity contribution >= 4 is 16.9 Å². The van der Waals surface area contributed by atoms with Gasteiger partial charge in [-0.25, -0.2) is 0 Å². The third kappa shape index (κ3) is 4.25. The largest absolute Gasteiger partial charge is 0.496 e. The third-order valence-electron chi connectivity index (χ3n) is 5.15. The highest BCUT2D eigenvalue weighted by Gasteiger charge is 2.16.